The summed E-state index contributed by atoms with van der Waals surface area (Å²) >= 11 is 3.43. The Hall–Kier alpha value is -1.15. The van der Waals surface area contributed by atoms with Gasteiger partial charge in [-0.2, -0.15) is 0 Å². The summed E-state index contributed by atoms with van der Waals surface area (Å²) in [6, 6.07) is 12.3. The van der Waals surface area contributed by atoms with Gasteiger partial charge in [-0.25, -0.2) is 4.98 Å². The van der Waals surface area contributed by atoms with E-state index >= 15 is 0 Å². The Labute approximate surface area is 98.0 Å². The Morgan fingerprint density at radius 2 is 2.07 bits per heavy atom. The fraction of sp³-hybridized carbons (Fsp3) is 0.154. The average molecular weight is 262 g/mol. The number of para-hydroxylation sites is 1. The molecule has 0 atom stereocenters. The Morgan fingerprint density at radius 3 is 2.87 bits per heavy atom. The fourth-order valence-corrected chi connectivity index (χ4v) is 1.62. The van der Waals surface area contributed by atoms with Crippen LogP contribution in [0.2, 0.25) is 0 Å². The molecule has 0 radical (unpaired) electrons. The van der Waals surface area contributed by atoms with E-state index in [1.165, 1.54) is 11.0 Å². The number of hydrogen-bond donors (Lipinski definition) is 0. The van der Waals surface area contributed by atoms with E-state index in [1.54, 1.807) is 0 Å². The standard InChI is InChI=1S/C13H12BrN/c1-10(9-14)8-12-7-6-11-4-2-3-5-13(11)15-12/h2-8H,9H2,1H3. The minimum atomic E-state index is 0.890. The molecule has 0 fully saturated rings. The number of benzene rings is 1. The summed E-state index contributed by atoms with van der Waals surface area (Å²) in [5.41, 5.74) is 3.34. The average Bonchev–Trinajstić information content (AvgIpc) is 2.29. The smallest absolute Gasteiger partial charge is 0.0709 e. The van der Waals surface area contributed by atoms with Crippen LogP contribution in [0.25, 0.3) is 17.0 Å². The largest absolute Gasteiger partial charge is 0.248 e. The highest BCUT2D eigenvalue weighted by atomic mass is 79.9. The fourth-order valence-electron chi connectivity index (χ4n) is 1.45. The maximum Gasteiger partial charge on any atom is 0.0709 e. The van der Waals surface area contributed by atoms with Crippen molar-refractivity contribution in [3.05, 3.63) is 47.7 Å². The molecular formula is C13H12BrN. The summed E-state index contributed by atoms with van der Waals surface area (Å²) in [7, 11) is 0. The van der Waals surface area contributed by atoms with E-state index < -0.39 is 0 Å². The van der Waals surface area contributed by atoms with E-state index in [0.717, 1.165) is 16.5 Å². The maximum absolute atomic E-state index is 4.57. The number of allylic oxidation sites excluding steroid dienone is 1. The monoisotopic (exact) mass is 261 g/mol. The number of alkyl halides is 1. The van der Waals surface area contributed by atoms with Gasteiger partial charge in [0.2, 0.25) is 0 Å². The van der Waals surface area contributed by atoms with Crippen LogP contribution in [-0.4, -0.2) is 10.3 Å². The zero-order valence-corrected chi connectivity index (χ0v) is 10.2. The molecule has 2 heteroatoms. The summed E-state index contributed by atoms with van der Waals surface area (Å²) in [6.07, 6.45) is 2.10. The lowest BCUT2D eigenvalue weighted by atomic mass is 10.2. The highest BCUT2D eigenvalue weighted by Gasteiger charge is 1.95. The second-order valence-electron chi connectivity index (χ2n) is 3.55. The van der Waals surface area contributed by atoms with Crippen molar-refractivity contribution in [1.82, 2.24) is 4.98 Å². The zero-order valence-electron chi connectivity index (χ0n) is 8.57. The van der Waals surface area contributed by atoms with Crippen LogP contribution in [0.3, 0.4) is 0 Å². The van der Waals surface area contributed by atoms with Gasteiger partial charge in [-0.3, -0.25) is 0 Å². The molecule has 0 aliphatic rings. The molecule has 2 rings (SSSR count). The van der Waals surface area contributed by atoms with Crippen LogP contribution in [0.1, 0.15) is 12.6 Å². The first kappa shape index (κ1) is 10.4. The van der Waals surface area contributed by atoms with Gasteiger partial charge in [-0.15, -0.1) is 0 Å². The number of rotatable bonds is 2. The number of pyridine rings is 1. The summed E-state index contributed by atoms with van der Waals surface area (Å²) in [6.45, 7) is 2.09. The first-order valence-corrected chi connectivity index (χ1v) is 6.00. The van der Waals surface area contributed by atoms with E-state index in [0.29, 0.717) is 0 Å². The van der Waals surface area contributed by atoms with Crippen molar-refractivity contribution in [3.63, 3.8) is 0 Å². The minimum absolute atomic E-state index is 0.890. The van der Waals surface area contributed by atoms with Gasteiger partial charge in [-0.1, -0.05) is 45.8 Å². The van der Waals surface area contributed by atoms with E-state index in [-0.39, 0.29) is 0 Å². The molecule has 0 saturated carbocycles. The van der Waals surface area contributed by atoms with Crippen molar-refractivity contribution >= 4 is 32.9 Å². The first-order chi connectivity index (χ1) is 7.29. The molecule has 0 saturated heterocycles. The third kappa shape index (κ3) is 2.45. The summed E-state index contributed by atoms with van der Waals surface area (Å²) in [4.78, 5) is 4.57. The molecule has 0 aliphatic heterocycles. The normalized spacial score (nSPS) is 12.0. The van der Waals surface area contributed by atoms with Gasteiger partial charge < -0.3 is 0 Å². The van der Waals surface area contributed by atoms with Gasteiger partial charge in [0.25, 0.3) is 0 Å². The van der Waals surface area contributed by atoms with Crippen molar-refractivity contribution in [2.24, 2.45) is 0 Å². The van der Waals surface area contributed by atoms with Gasteiger partial charge in [0, 0.05) is 10.7 Å². The van der Waals surface area contributed by atoms with Crippen LogP contribution in [0.4, 0.5) is 0 Å². The van der Waals surface area contributed by atoms with Crippen LogP contribution in [0.5, 0.6) is 0 Å². The van der Waals surface area contributed by atoms with Crippen LogP contribution in [-0.2, 0) is 0 Å². The highest BCUT2D eigenvalue weighted by molar-refractivity contribution is 9.09. The molecule has 1 heterocycles. The molecule has 1 aromatic carbocycles. The van der Waals surface area contributed by atoms with Crippen LogP contribution in [0, 0.1) is 0 Å². The van der Waals surface area contributed by atoms with Crippen molar-refractivity contribution < 1.29 is 0 Å². The molecule has 0 amide bonds. The number of fused-ring (bicyclic) bond motifs is 1. The molecule has 1 nitrogen and oxygen atoms in total. The van der Waals surface area contributed by atoms with Crippen LogP contribution >= 0.6 is 15.9 Å². The second kappa shape index (κ2) is 4.58. The second-order valence-corrected chi connectivity index (χ2v) is 4.11. The summed E-state index contributed by atoms with van der Waals surface area (Å²) in [5, 5.41) is 2.08. The lowest BCUT2D eigenvalue weighted by molar-refractivity contribution is 1.34. The molecule has 0 unspecified atom stereocenters. The van der Waals surface area contributed by atoms with E-state index in [9.17, 15) is 0 Å². The Kier molecular flexibility index (Phi) is 3.17. The molecular weight excluding hydrogens is 250 g/mol. The third-order valence-corrected chi connectivity index (χ3v) is 3.11. The molecule has 15 heavy (non-hydrogen) atoms. The zero-order chi connectivity index (χ0) is 10.7. The van der Waals surface area contributed by atoms with E-state index in [1.807, 2.05) is 18.2 Å². The predicted octanol–water partition coefficient (Wildman–Crippen LogP) is 4.03. The summed E-state index contributed by atoms with van der Waals surface area (Å²) in [5.74, 6) is 0. The Bertz CT molecular complexity index is 503. The SMILES string of the molecule is CC(=Cc1ccc2ccccc2n1)CBr. The van der Waals surface area contributed by atoms with Gasteiger partial charge in [-0.05, 0) is 25.1 Å². The van der Waals surface area contributed by atoms with Crippen molar-refractivity contribution in [1.29, 1.82) is 0 Å². The maximum atomic E-state index is 4.57. The molecule has 1 aromatic heterocycles. The molecule has 0 bridgehead atoms. The molecule has 0 N–H and O–H groups in total. The summed E-state index contributed by atoms with van der Waals surface area (Å²) < 4.78 is 0. The predicted molar refractivity (Wildman–Crippen MR) is 69.2 cm³/mol. The van der Waals surface area contributed by atoms with Gasteiger partial charge >= 0.3 is 0 Å². The Morgan fingerprint density at radius 1 is 1.27 bits per heavy atom. The van der Waals surface area contributed by atoms with Crippen LogP contribution in [0.15, 0.2) is 42.0 Å². The quantitative estimate of drug-likeness (QED) is 0.744. The minimum Gasteiger partial charge on any atom is -0.248 e. The molecule has 0 aliphatic carbocycles. The van der Waals surface area contributed by atoms with Gasteiger partial charge in [0.15, 0.2) is 0 Å². The van der Waals surface area contributed by atoms with Crippen molar-refractivity contribution in [3.8, 4) is 0 Å². The highest BCUT2D eigenvalue weighted by Crippen LogP contribution is 2.14. The number of aromatic nitrogens is 1. The van der Waals surface area contributed by atoms with Crippen molar-refractivity contribution in [2.75, 3.05) is 5.33 Å². The number of nitrogens with zero attached hydrogens (tertiary/aromatic N) is 1. The Balaban J connectivity index is 2.47. The lowest BCUT2D eigenvalue weighted by Crippen LogP contribution is -1.84. The topological polar surface area (TPSA) is 12.9 Å². The van der Waals surface area contributed by atoms with Crippen LogP contribution < -0.4 is 0 Å². The van der Waals surface area contributed by atoms with E-state index in [2.05, 4.69) is 52.1 Å². The third-order valence-electron chi connectivity index (χ3n) is 2.23. The molecule has 76 valence electrons. The number of halogens is 1. The van der Waals surface area contributed by atoms with E-state index in [4.69, 9.17) is 0 Å². The van der Waals surface area contributed by atoms with Crippen molar-refractivity contribution in [2.45, 2.75) is 6.92 Å². The molecule has 2 aromatic rings. The first-order valence-electron chi connectivity index (χ1n) is 4.88. The number of hydrogen-bond acceptors (Lipinski definition) is 1. The van der Waals surface area contributed by atoms with Gasteiger partial charge in [0.05, 0.1) is 11.2 Å². The van der Waals surface area contributed by atoms with Gasteiger partial charge in [0.1, 0.15) is 0 Å². The lowest BCUT2D eigenvalue weighted by Gasteiger charge is -1.99. The molecule has 0 spiro atoms.